The maximum Gasteiger partial charge on any atom is 0.435 e. The van der Waals surface area contributed by atoms with Crippen LogP contribution in [0.2, 0.25) is 0 Å². The van der Waals surface area contributed by atoms with Crippen molar-refractivity contribution in [3.8, 4) is 5.69 Å². The van der Waals surface area contributed by atoms with Gasteiger partial charge in [0.2, 0.25) is 0 Å². The molecule has 0 aliphatic heterocycles. The van der Waals surface area contributed by atoms with Crippen LogP contribution in [-0.4, -0.2) is 39.7 Å². The van der Waals surface area contributed by atoms with Crippen LogP contribution in [0, 0.1) is 17.1 Å². The summed E-state index contributed by atoms with van der Waals surface area (Å²) in [4.78, 5) is 30.9. The van der Waals surface area contributed by atoms with E-state index in [2.05, 4.69) is 15.4 Å². The Morgan fingerprint density at radius 2 is 1.91 bits per heavy atom. The summed E-state index contributed by atoms with van der Waals surface area (Å²) in [6.45, 7) is 1.59. The molecule has 2 amide bonds. The largest absolute Gasteiger partial charge is 0.449 e. The van der Waals surface area contributed by atoms with Crippen molar-refractivity contribution in [1.82, 2.24) is 14.8 Å². The number of benzene rings is 2. The molecule has 1 saturated carbocycles. The van der Waals surface area contributed by atoms with Gasteiger partial charge in [0.05, 0.1) is 35.5 Å². The predicted octanol–water partition coefficient (Wildman–Crippen LogP) is 6.64. The van der Waals surface area contributed by atoms with Gasteiger partial charge in [-0.05, 0) is 73.2 Å². The number of hydrogen-bond acceptors (Lipinski definition) is 7. The molecular formula is C32H31F4N7O3. The molecule has 10 nitrogen and oxygen atoms in total. The third-order valence-corrected chi connectivity index (χ3v) is 7.73. The fourth-order valence-electron chi connectivity index (χ4n) is 5.08. The van der Waals surface area contributed by atoms with Crippen LogP contribution >= 0.6 is 0 Å². The molecule has 1 aliphatic rings. The van der Waals surface area contributed by atoms with Crippen molar-refractivity contribution in [3.05, 3.63) is 101 Å². The third kappa shape index (κ3) is 6.91. The van der Waals surface area contributed by atoms with Crippen molar-refractivity contribution in [2.75, 3.05) is 16.8 Å². The van der Waals surface area contributed by atoms with Crippen molar-refractivity contribution in [2.24, 2.45) is 11.7 Å². The number of nitrogens with one attached hydrogen (secondary N) is 2. The van der Waals surface area contributed by atoms with Gasteiger partial charge >= 0.3 is 12.3 Å². The van der Waals surface area contributed by atoms with Crippen molar-refractivity contribution in [2.45, 2.75) is 44.3 Å². The van der Waals surface area contributed by atoms with E-state index in [1.54, 1.807) is 25.4 Å². The number of carbonyl (C=O) groups is 2. The predicted molar refractivity (Wildman–Crippen MR) is 162 cm³/mol. The van der Waals surface area contributed by atoms with Crippen LogP contribution in [0.5, 0.6) is 0 Å². The fourth-order valence-corrected chi connectivity index (χ4v) is 5.08. The molecule has 2 heterocycles. The second kappa shape index (κ2) is 13.1. The van der Waals surface area contributed by atoms with Crippen LogP contribution in [0.15, 0.2) is 73.1 Å². The number of pyridine rings is 1. The number of amides is 2. The van der Waals surface area contributed by atoms with Crippen molar-refractivity contribution >= 4 is 29.7 Å². The Hall–Kier alpha value is -5.11. The second-order valence-corrected chi connectivity index (χ2v) is 10.9. The van der Waals surface area contributed by atoms with Gasteiger partial charge < -0.3 is 15.8 Å². The number of carbonyl (C=O) groups excluding carboxylic acids is 2. The summed E-state index contributed by atoms with van der Waals surface area (Å²) in [6.07, 6.45) is 1.67. The molecule has 0 saturated heterocycles. The second-order valence-electron chi connectivity index (χ2n) is 10.9. The van der Waals surface area contributed by atoms with E-state index in [0.717, 1.165) is 34.9 Å². The molecule has 2 aromatic carbocycles. The first-order valence-electron chi connectivity index (χ1n) is 14.5. The molecule has 1 unspecified atom stereocenters. The third-order valence-electron chi connectivity index (χ3n) is 7.73. The summed E-state index contributed by atoms with van der Waals surface area (Å²) < 4.78 is 62.2. The molecule has 0 spiro atoms. The Kier molecular flexibility index (Phi) is 9.19. The molecule has 240 valence electrons. The molecule has 14 heteroatoms. The van der Waals surface area contributed by atoms with Gasteiger partial charge in [-0.2, -0.15) is 18.3 Å². The minimum atomic E-state index is -4.92. The average molecular weight is 638 g/mol. The Labute approximate surface area is 261 Å². The van der Waals surface area contributed by atoms with E-state index in [1.807, 2.05) is 6.07 Å². The van der Waals surface area contributed by atoms with Gasteiger partial charge in [-0.25, -0.2) is 18.8 Å². The quantitative estimate of drug-likeness (QED) is 0.0958. The zero-order valence-electron chi connectivity index (χ0n) is 24.7. The summed E-state index contributed by atoms with van der Waals surface area (Å²) in [6, 6.07) is 13.6. The molecule has 2 aromatic heterocycles. The van der Waals surface area contributed by atoms with E-state index in [1.165, 1.54) is 36.4 Å². The van der Waals surface area contributed by atoms with E-state index in [4.69, 9.17) is 15.9 Å². The van der Waals surface area contributed by atoms with Gasteiger partial charge in [0.15, 0.2) is 5.69 Å². The first kappa shape index (κ1) is 32.3. The number of aromatic nitrogens is 3. The summed E-state index contributed by atoms with van der Waals surface area (Å²) >= 11 is 0. The van der Waals surface area contributed by atoms with Crippen LogP contribution in [-0.2, 0) is 16.5 Å². The summed E-state index contributed by atoms with van der Waals surface area (Å²) in [5, 5.41) is 13.6. The van der Waals surface area contributed by atoms with Crippen LogP contribution in [0.25, 0.3) is 5.69 Å². The normalized spacial score (nSPS) is 14.3. The highest BCUT2D eigenvalue weighted by Gasteiger charge is 2.37. The monoisotopic (exact) mass is 637 g/mol. The molecule has 1 aliphatic carbocycles. The Morgan fingerprint density at radius 1 is 1.13 bits per heavy atom. The van der Waals surface area contributed by atoms with Crippen molar-refractivity contribution < 1.29 is 31.9 Å². The lowest BCUT2D eigenvalue weighted by Crippen LogP contribution is -2.38. The van der Waals surface area contributed by atoms with Gasteiger partial charge in [0.1, 0.15) is 11.5 Å². The van der Waals surface area contributed by atoms with E-state index < -0.39 is 40.9 Å². The van der Waals surface area contributed by atoms with Gasteiger partial charge in [-0.1, -0.05) is 31.0 Å². The van der Waals surface area contributed by atoms with Crippen molar-refractivity contribution in [3.63, 3.8) is 0 Å². The highest BCUT2D eigenvalue weighted by Crippen LogP contribution is 2.40. The summed E-state index contributed by atoms with van der Waals surface area (Å²) in [7, 11) is 0. The van der Waals surface area contributed by atoms with E-state index in [0.29, 0.717) is 35.9 Å². The highest BCUT2D eigenvalue weighted by molar-refractivity contribution is 6.05. The standard InChI is InChI=1S/C32H31F4N7O3/c1-2-46-30(45)42(19-37)23-6-3-7-24(16-23)43-27(17-28(41-43)32(34,35)36)29(44)40-26-15-21(10-11-25(26)33)31(38,13-12-20-8-9-20)22-5-4-14-39-18-22/h3-7,10-11,14-20,37H,2,8-9,12-13,38H2,1H3,(H,40,44). The van der Waals surface area contributed by atoms with Gasteiger partial charge in [-0.15, -0.1) is 0 Å². The van der Waals surface area contributed by atoms with Crippen molar-refractivity contribution in [1.29, 1.82) is 5.41 Å². The first-order valence-corrected chi connectivity index (χ1v) is 14.5. The summed E-state index contributed by atoms with van der Waals surface area (Å²) in [5.74, 6) is -1.36. The molecule has 0 bridgehead atoms. The molecule has 1 fully saturated rings. The Balaban J connectivity index is 1.51. The SMILES string of the molecule is CCOC(=O)N(C=N)c1cccc(-n2nc(C(F)(F)F)cc2C(=O)Nc2cc(C(N)(CCC3CC3)c3cccnc3)ccc2F)c1. The minimum Gasteiger partial charge on any atom is -0.449 e. The zero-order chi connectivity index (χ0) is 33.1. The highest BCUT2D eigenvalue weighted by atomic mass is 19.4. The molecule has 46 heavy (non-hydrogen) atoms. The van der Waals surface area contributed by atoms with Gasteiger partial charge in [-0.3, -0.25) is 15.2 Å². The number of ether oxygens (including phenoxy) is 1. The molecule has 0 radical (unpaired) electrons. The number of nitrogens with zero attached hydrogens (tertiary/aromatic N) is 4. The Bertz CT molecular complexity index is 1740. The lowest BCUT2D eigenvalue weighted by Gasteiger charge is -2.31. The molecule has 5 rings (SSSR count). The lowest BCUT2D eigenvalue weighted by molar-refractivity contribution is -0.141. The van der Waals surface area contributed by atoms with E-state index in [-0.39, 0.29) is 23.7 Å². The number of halogens is 4. The smallest absolute Gasteiger partial charge is 0.435 e. The Morgan fingerprint density at radius 3 is 2.57 bits per heavy atom. The van der Waals surface area contributed by atoms with Gasteiger partial charge in [0, 0.05) is 18.5 Å². The van der Waals surface area contributed by atoms with Gasteiger partial charge in [0.25, 0.3) is 5.91 Å². The number of rotatable bonds is 11. The molecule has 4 aromatic rings. The number of alkyl halides is 3. The maximum atomic E-state index is 15.2. The average Bonchev–Trinajstić information content (AvgIpc) is 3.75. The number of anilines is 2. The zero-order valence-corrected chi connectivity index (χ0v) is 24.7. The van der Waals surface area contributed by atoms with Crippen LogP contribution in [0.1, 0.15) is 59.9 Å². The molecule has 1 atom stereocenters. The maximum absolute atomic E-state index is 15.2. The first-order chi connectivity index (χ1) is 21.9. The number of nitrogens with two attached hydrogens (primary N) is 1. The van der Waals surface area contributed by atoms with E-state index >= 15 is 4.39 Å². The summed E-state index contributed by atoms with van der Waals surface area (Å²) in [5.41, 5.74) is 4.86. The van der Waals surface area contributed by atoms with Crippen LogP contribution in [0.3, 0.4) is 0 Å². The number of hydrogen-bond donors (Lipinski definition) is 3. The van der Waals surface area contributed by atoms with Crippen LogP contribution in [0.4, 0.5) is 33.7 Å². The minimum absolute atomic E-state index is 0.0209. The van der Waals surface area contributed by atoms with E-state index in [9.17, 15) is 22.8 Å². The lowest BCUT2D eigenvalue weighted by atomic mass is 9.80. The fraction of sp³-hybridized carbons (Fsp3) is 0.281. The molecular weight excluding hydrogens is 606 g/mol. The van der Waals surface area contributed by atoms with Crippen LogP contribution < -0.4 is 16.0 Å². The molecule has 4 N–H and O–H groups in total. The topological polar surface area (TPSA) is 139 Å².